The molecule has 0 aromatic heterocycles. The molecule has 1 rings (SSSR count). The fraction of sp³-hybridized carbons (Fsp3) is 1.00. The van der Waals surface area contributed by atoms with Gasteiger partial charge in [-0.05, 0) is 18.8 Å². The highest BCUT2D eigenvalue weighted by atomic mass is 35.7. The molecule has 0 unspecified atom stereocenters. The van der Waals surface area contributed by atoms with E-state index in [-0.39, 0.29) is 24.5 Å². The van der Waals surface area contributed by atoms with Gasteiger partial charge in [0.15, 0.2) is 0 Å². The molecular formula is C6H8ClF3O3S. The third-order valence-electron chi connectivity index (χ3n) is 1.93. The van der Waals surface area contributed by atoms with Crippen molar-refractivity contribution in [2.75, 3.05) is 5.75 Å². The third-order valence-corrected chi connectivity index (χ3v) is 3.18. The Labute approximate surface area is 83.6 Å². The fourth-order valence-electron chi connectivity index (χ4n) is 1.38. The summed E-state index contributed by atoms with van der Waals surface area (Å²) in [5.74, 6) is -0.600. The average Bonchev–Trinajstić information content (AvgIpc) is 1.75. The first-order chi connectivity index (χ1) is 6.16. The number of hydrogen-bond acceptors (Lipinski definition) is 3. The molecular weight excluding hydrogens is 245 g/mol. The van der Waals surface area contributed by atoms with E-state index in [0.717, 1.165) is 0 Å². The molecule has 0 bridgehead atoms. The Morgan fingerprint density at radius 2 is 1.86 bits per heavy atom. The van der Waals surface area contributed by atoms with Crippen LogP contribution in [0.3, 0.4) is 0 Å². The SMILES string of the molecule is O=S(=O)(Cl)CC1CC(OC(F)(F)F)C1. The van der Waals surface area contributed by atoms with E-state index in [0.29, 0.717) is 0 Å². The first-order valence-electron chi connectivity index (χ1n) is 3.82. The van der Waals surface area contributed by atoms with Crippen LogP contribution in [0.5, 0.6) is 0 Å². The molecule has 1 aliphatic rings. The molecule has 0 aromatic rings. The molecule has 0 aliphatic heterocycles. The third kappa shape index (κ3) is 4.47. The highest BCUT2D eigenvalue weighted by molar-refractivity contribution is 8.13. The number of alkyl halides is 3. The summed E-state index contributed by atoms with van der Waals surface area (Å²) in [5.41, 5.74) is 0. The van der Waals surface area contributed by atoms with Crippen LogP contribution in [0.25, 0.3) is 0 Å². The van der Waals surface area contributed by atoms with Gasteiger partial charge >= 0.3 is 6.36 Å². The van der Waals surface area contributed by atoms with Crippen LogP contribution in [0.15, 0.2) is 0 Å². The van der Waals surface area contributed by atoms with Gasteiger partial charge in [-0.1, -0.05) is 0 Å². The highest BCUT2D eigenvalue weighted by Gasteiger charge is 2.41. The number of ether oxygens (including phenoxy) is 1. The average molecular weight is 253 g/mol. The predicted molar refractivity (Wildman–Crippen MR) is 43.3 cm³/mol. The molecule has 0 N–H and O–H groups in total. The predicted octanol–water partition coefficient (Wildman–Crippen LogP) is 1.87. The molecule has 14 heavy (non-hydrogen) atoms. The van der Waals surface area contributed by atoms with Gasteiger partial charge in [-0.25, -0.2) is 8.42 Å². The molecule has 1 fully saturated rings. The van der Waals surface area contributed by atoms with Gasteiger partial charge in [-0.2, -0.15) is 0 Å². The molecule has 0 spiro atoms. The summed E-state index contributed by atoms with van der Waals surface area (Å²) in [4.78, 5) is 0. The first-order valence-corrected chi connectivity index (χ1v) is 6.30. The maximum atomic E-state index is 11.6. The Balaban J connectivity index is 2.25. The van der Waals surface area contributed by atoms with Crippen LogP contribution in [-0.4, -0.2) is 26.6 Å². The van der Waals surface area contributed by atoms with E-state index in [1.54, 1.807) is 0 Å². The van der Waals surface area contributed by atoms with Crippen molar-refractivity contribution in [2.45, 2.75) is 25.3 Å². The summed E-state index contributed by atoms with van der Waals surface area (Å²) in [6, 6.07) is 0. The monoisotopic (exact) mass is 252 g/mol. The summed E-state index contributed by atoms with van der Waals surface area (Å²) < 4.78 is 59.6. The lowest BCUT2D eigenvalue weighted by Crippen LogP contribution is -2.38. The van der Waals surface area contributed by atoms with Crippen molar-refractivity contribution in [3.63, 3.8) is 0 Å². The van der Waals surface area contributed by atoms with E-state index in [9.17, 15) is 21.6 Å². The zero-order valence-electron chi connectivity index (χ0n) is 6.92. The molecule has 84 valence electrons. The topological polar surface area (TPSA) is 43.4 Å². The van der Waals surface area contributed by atoms with E-state index in [1.165, 1.54) is 0 Å². The summed E-state index contributed by atoms with van der Waals surface area (Å²) in [7, 11) is 1.31. The smallest absolute Gasteiger partial charge is 0.289 e. The van der Waals surface area contributed by atoms with E-state index in [2.05, 4.69) is 4.74 Å². The lowest BCUT2D eigenvalue weighted by Gasteiger charge is -2.34. The lowest BCUT2D eigenvalue weighted by molar-refractivity contribution is -0.353. The minimum Gasteiger partial charge on any atom is -0.289 e. The van der Waals surface area contributed by atoms with Crippen molar-refractivity contribution in [3.8, 4) is 0 Å². The van der Waals surface area contributed by atoms with Crippen molar-refractivity contribution in [1.29, 1.82) is 0 Å². The second-order valence-corrected chi connectivity index (χ2v) is 6.05. The van der Waals surface area contributed by atoms with Crippen molar-refractivity contribution in [3.05, 3.63) is 0 Å². The lowest BCUT2D eigenvalue weighted by atomic mass is 9.84. The number of rotatable bonds is 3. The van der Waals surface area contributed by atoms with Crippen LogP contribution in [0.1, 0.15) is 12.8 Å². The van der Waals surface area contributed by atoms with Gasteiger partial charge in [-0.15, -0.1) is 13.2 Å². The second kappa shape index (κ2) is 3.86. The molecule has 1 aliphatic carbocycles. The number of halogens is 4. The Bertz CT molecular complexity index is 294. The maximum Gasteiger partial charge on any atom is 0.522 e. The molecule has 1 saturated carbocycles. The first kappa shape index (κ1) is 12.1. The molecule has 0 radical (unpaired) electrons. The quantitative estimate of drug-likeness (QED) is 0.720. The maximum absolute atomic E-state index is 11.6. The van der Waals surface area contributed by atoms with Gasteiger partial charge < -0.3 is 0 Å². The summed E-state index contributed by atoms with van der Waals surface area (Å²) in [6.45, 7) is 0. The zero-order valence-corrected chi connectivity index (χ0v) is 8.49. The van der Waals surface area contributed by atoms with E-state index in [4.69, 9.17) is 10.7 Å². The zero-order chi connectivity index (χ0) is 11.0. The molecule has 3 nitrogen and oxygen atoms in total. The van der Waals surface area contributed by atoms with Gasteiger partial charge in [0.05, 0.1) is 11.9 Å². The minimum absolute atomic E-state index is 0.0887. The van der Waals surface area contributed by atoms with Gasteiger partial charge in [-0.3, -0.25) is 4.74 Å². The molecule has 8 heteroatoms. The minimum atomic E-state index is -4.64. The van der Waals surface area contributed by atoms with Crippen molar-refractivity contribution in [2.24, 2.45) is 5.92 Å². The Morgan fingerprint density at radius 3 is 2.21 bits per heavy atom. The molecule has 0 amide bonds. The van der Waals surface area contributed by atoms with Gasteiger partial charge in [0.2, 0.25) is 9.05 Å². The highest BCUT2D eigenvalue weighted by Crippen LogP contribution is 2.35. The van der Waals surface area contributed by atoms with Gasteiger partial charge in [0, 0.05) is 10.7 Å². The second-order valence-electron chi connectivity index (χ2n) is 3.23. The fourth-order valence-corrected chi connectivity index (χ4v) is 2.75. The van der Waals surface area contributed by atoms with E-state index >= 15 is 0 Å². The normalized spacial score (nSPS) is 28.6. The van der Waals surface area contributed by atoms with Crippen molar-refractivity contribution < 1.29 is 26.3 Å². The number of hydrogen-bond donors (Lipinski definition) is 0. The van der Waals surface area contributed by atoms with Gasteiger partial charge in [0.25, 0.3) is 0 Å². The van der Waals surface area contributed by atoms with E-state index in [1.807, 2.05) is 0 Å². The molecule has 0 heterocycles. The van der Waals surface area contributed by atoms with Gasteiger partial charge in [0.1, 0.15) is 0 Å². The molecule has 0 aromatic carbocycles. The van der Waals surface area contributed by atoms with Crippen LogP contribution in [0.4, 0.5) is 13.2 Å². The molecule has 0 atom stereocenters. The van der Waals surface area contributed by atoms with E-state index < -0.39 is 21.5 Å². The Hall–Kier alpha value is -0.0100. The molecule has 0 saturated heterocycles. The summed E-state index contributed by atoms with van der Waals surface area (Å²) in [6.07, 6.45) is -5.38. The Morgan fingerprint density at radius 1 is 1.36 bits per heavy atom. The summed E-state index contributed by atoms with van der Waals surface area (Å²) in [5, 5.41) is 0. The summed E-state index contributed by atoms with van der Waals surface area (Å²) >= 11 is 0. The Kier molecular flexibility index (Phi) is 3.33. The van der Waals surface area contributed by atoms with Crippen LogP contribution in [-0.2, 0) is 13.8 Å². The standard InChI is InChI=1S/C6H8ClF3O3S/c7-14(11,12)3-4-1-5(2-4)13-6(8,9)10/h4-5H,1-3H2. The van der Waals surface area contributed by atoms with Crippen molar-refractivity contribution in [1.82, 2.24) is 0 Å². The van der Waals surface area contributed by atoms with Crippen LogP contribution < -0.4 is 0 Å². The van der Waals surface area contributed by atoms with Crippen LogP contribution in [0.2, 0.25) is 0 Å². The van der Waals surface area contributed by atoms with Crippen LogP contribution in [0, 0.1) is 5.92 Å². The van der Waals surface area contributed by atoms with Crippen LogP contribution >= 0.6 is 10.7 Å². The van der Waals surface area contributed by atoms with Crippen molar-refractivity contribution >= 4 is 19.7 Å². The largest absolute Gasteiger partial charge is 0.522 e.